The van der Waals surface area contributed by atoms with Gasteiger partial charge in [-0.05, 0) is 19.1 Å². The summed E-state index contributed by atoms with van der Waals surface area (Å²) < 4.78 is 0. The van der Waals surface area contributed by atoms with Gasteiger partial charge in [-0.25, -0.2) is 0 Å². The van der Waals surface area contributed by atoms with E-state index in [0.717, 1.165) is 5.69 Å². The molecule has 0 unspecified atom stereocenters. The van der Waals surface area contributed by atoms with E-state index in [1.807, 2.05) is 31.2 Å². The molecule has 0 aliphatic rings. The van der Waals surface area contributed by atoms with Crippen LogP contribution in [0.1, 0.15) is 51.5 Å². The summed E-state index contributed by atoms with van der Waals surface area (Å²) in [6.45, 7) is 6.53. The van der Waals surface area contributed by atoms with E-state index in [9.17, 15) is 0 Å². The molecule has 86 valence electrons. The molecule has 0 fully saturated rings. The third-order valence-corrected chi connectivity index (χ3v) is 2.28. The van der Waals surface area contributed by atoms with E-state index in [1.165, 1.54) is 37.7 Å². The van der Waals surface area contributed by atoms with Crippen molar-refractivity contribution < 1.29 is 0 Å². The van der Waals surface area contributed by atoms with E-state index in [1.54, 1.807) is 0 Å². The highest BCUT2D eigenvalue weighted by Gasteiger charge is 1.80. The van der Waals surface area contributed by atoms with Gasteiger partial charge in [-0.1, -0.05) is 63.6 Å². The van der Waals surface area contributed by atoms with E-state index in [4.69, 9.17) is 5.73 Å². The molecule has 0 amide bonds. The van der Waals surface area contributed by atoms with Gasteiger partial charge in [0.1, 0.15) is 0 Å². The van der Waals surface area contributed by atoms with Crippen LogP contribution in [0.15, 0.2) is 24.3 Å². The Morgan fingerprint density at radius 1 is 0.867 bits per heavy atom. The maximum absolute atomic E-state index is 5.43. The van der Waals surface area contributed by atoms with Gasteiger partial charge in [-0.3, -0.25) is 0 Å². The van der Waals surface area contributed by atoms with Crippen LogP contribution in [-0.4, -0.2) is 0 Å². The average molecular weight is 207 g/mol. The second kappa shape index (κ2) is 9.57. The van der Waals surface area contributed by atoms with Crippen molar-refractivity contribution in [2.24, 2.45) is 0 Å². The molecule has 2 N–H and O–H groups in total. The third kappa shape index (κ3) is 9.33. The van der Waals surface area contributed by atoms with Crippen LogP contribution < -0.4 is 5.73 Å². The zero-order valence-electron chi connectivity index (χ0n) is 10.4. The van der Waals surface area contributed by atoms with Crippen molar-refractivity contribution in [2.45, 2.75) is 52.9 Å². The second-order valence-electron chi connectivity index (χ2n) is 3.97. The van der Waals surface area contributed by atoms with Gasteiger partial charge in [0.05, 0.1) is 0 Å². The number of nitrogen functional groups attached to an aromatic ring is 1. The standard InChI is InChI=1S/C7H9N.C7H16/c1-6-2-4-7(8)5-3-6;1-3-5-7-6-4-2/h2-5H,8H2,1H3;3-7H2,1-2H3. The van der Waals surface area contributed by atoms with Gasteiger partial charge in [0, 0.05) is 5.69 Å². The average Bonchev–Trinajstić information content (AvgIpc) is 2.24. The summed E-state index contributed by atoms with van der Waals surface area (Å²) in [6.07, 6.45) is 7.01. The third-order valence-electron chi connectivity index (χ3n) is 2.28. The lowest BCUT2D eigenvalue weighted by Gasteiger charge is -1.90. The summed E-state index contributed by atoms with van der Waals surface area (Å²) >= 11 is 0. The number of aryl methyl sites for hydroxylation is 1. The molecule has 0 aliphatic carbocycles. The van der Waals surface area contributed by atoms with Crippen LogP contribution in [0.3, 0.4) is 0 Å². The van der Waals surface area contributed by atoms with Crippen molar-refractivity contribution in [3.05, 3.63) is 29.8 Å². The van der Waals surface area contributed by atoms with E-state index >= 15 is 0 Å². The minimum absolute atomic E-state index is 0.829. The van der Waals surface area contributed by atoms with Crippen LogP contribution in [0, 0.1) is 6.92 Å². The van der Waals surface area contributed by atoms with Gasteiger partial charge >= 0.3 is 0 Å². The predicted molar refractivity (Wildman–Crippen MR) is 70.0 cm³/mol. The molecule has 1 nitrogen and oxygen atoms in total. The van der Waals surface area contributed by atoms with Gasteiger partial charge in [0.2, 0.25) is 0 Å². The van der Waals surface area contributed by atoms with Crippen LogP contribution in [0.2, 0.25) is 0 Å². The molecule has 15 heavy (non-hydrogen) atoms. The van der Waals surface area contributed by atoms with Crippen molar-refractivity contribution in [3.8, 4) is 0 Å². The number of nitrogens with two attached hydrogens (primary N) is 1. The van der Waals surface area contributed by atoms with Crippen LogP contribution in [0.5, 0.6) is 0 Å². The van der Waals surface area contributed by atoms with E-state index in [0.29, 0.717) is 0 Å². The fourth-order valence-electron chi connectivity index (χ4n) is 1.24. The first-order valence-corrected chi connectivity index (χ1v) is 6.02. The normalized spacial score (nSPS) is 9.27. The molecule has 0 aliphatic heterocycles. The van der Waals surface area contributed by atoms with Gasteiger partial charge in [0.15, 0.2) is 0 Å². The second-order valence-corrected chi connectivity index (χ2v) is 3.97. The quantitative estimate of drug-likeness (QED) is 0.568. The fourth-order valence-corrected chi connectivity index (χ4v) is 1.24. The van der Waals surface area contributed by atoms with Crippen LogP contribution in [-0.2, 0) is 0 Å². The van der Waals surface area contributed by atoms with Crippen molar-refractivity contribution >= 4 is 5.69 Å². The van der Waals surface area contributed by atoms with Crippen LogP contribution in [0.25, 0.3) is 0 Å². The Balaban J connectivity index is 0.000000265. The Kier molecular flexibility index (Phi) is 8.95. The first-order chi connectivity index (χ1) is 7.20. The first kappa shape index (κ1) is 14.0. The SMILES string of the molecule is CCCCCCC.Cc1ccc(N)cc1. The molecule has 0 heterocycles. The van der Waals surface area contributed by atoms with Gasteiger partial charge < -0.3 is 5.73 Å². The van der Waals surface area contributed by atoms with Crippen LogP contribution in [0.4, 0.5) is 5.69 Å². The largest absolute Gasteiger partial charge is 0.399 e. The first-order valence-electron chi connectivity index (χ1n) is 6.02. The number of hydrogen-bond donors (Lipinski definition) is 1. The summed E-state index contributed by atoms with van der Waals surface area (Å²) in [6, 6.07) is 7.79. The highest BCUT2D eigenvalue weighted by molar-refractivity contribution is 5.38. The number of anilines is 1. The molecular formula is C14H25N. The Morgan fingerprint density at radius 2 is 1.33 bits per heavy atom. The van der Waals surface area contributed by atoms with Crippen LogP contribution >= 0.6 is 0 Å². The minimum Gasteiger partial charge on any atom is -0.399 e. The summed E-state index contributed by atoms with van der Waals surface area (Å²) in [5.41, 5.74) is 7.51. The van der Waals surface area contributed by atoms with Crippen molar-refractivity contribution in [1.29, 1.82) is 0 Å². The summed E-state index contributed by atoms with van der Waals surface area (Å²) in [5.74, 6) is 0. The molecule has 0 aromatic heterocycles. The van der Waals surface area contributed by atoms with Crippen molar-refractivity contribution in [1.82, 2.24) is 0 Å². The lowest BCUT2D eigenvalue weighted by atomic mass is 10.2. The number of hydrogen-bond acceptors (Lipinski definition) is 1. The van der Waals surface area contributed by atoms with E-state index in [2.05, 4.69) is 13.8 Å². The maximum atomic E-state index is 5.43. The highest BCUT2D eigenvalue weighted by atomic mass is 14.5. The van der Waals surface area contributed by atoms with Crippen molar-refractivity contribution in [2.75, 3.05) is 5.73 Å². The molecule has 1 rings (SSSR count). The smallest absolute Gasteiger partial charge is 0.0314 e. The zero-order valence-corrected chi connectivity index (χ0v) is 10.4. The number of unbranched alkanes of at least 4 members (excludes halogenated alkanes) is 4. The molecule has 0 saturated heterocycles. The number of rotatable bonds is 4. The molecular weight excluding hydrogens is 182 g/mol. The molecule has 1 aromatic rings. The zero-order chi connectivity index (χ0) is 11.5. The summed E-state index contributed by atoms with van der Waals surface area (Å²) in [7, 11) is 0. The number of benzene rings is 1. The van der Waals surface area contributed by atoms with E-state index in [-0.39, 0.29) is 0 Å². The van der Waals surface area contributed by atoms with Gasteiger partial charge in [-0.15, -0.1) is 0 Å². The summed E-state index contributed by atoms with van der Waals surface area (Å²) in [5, 5.41) is 0. The molecule has 0 saturated carbocycles. The lowest BCUT2D eigenvalue weighted by Crippen LogP contribution is -1.81. The molecule has 0 bridgehead atoms. The van der Waals surface area contributed by atoms with Gasteiger partial charge in [0.25, 0.3) is 0 Å². The lowest BCUT2D eigenvalue weighted by molar-refractivity contribution is 0.656. The molecule has 1 heteroatoms. The van der Waals surface area contributed by atoms with Gasteiger partial charge in [-0.2, -0.15) is 0 Å². The summed E-state index contributed by atoms with van der Waals surface area (Å²) in [4.78, 5) is 0. The maximum Gasteiger partial charge on any atom is 0.0314 e. The highest BCUT2D eigenvalue weighted by Crippen LogP contribution is 2.02. The Morgan fingerprint density at radius 3 is 1.67 bits per heavy atom. The molecule has 0 spiro atoms. The Hall–Kier alpha value is -0.980. The monoisotopic (exact) mass is 207 g/mol. The molecule has 0 atom stereocenters. The molecule has 0 radical (unpaired) electrons. The molecule has 1 aromatic carbocycles. The minimum atomic E-state index is 0.829. The Bertz CT molecular complexity index is 201. The Labute approximate surface area is 94.7 Å². The van der Waals surface area contributed by atoms with E-state index < -0.39 is 0 Å². The topological polar surface area (TPSA) is 26.0 Å². The predicted octanol–water partition coefficient (Wildman–Crippen LogP) is 4.55. The van der Waals surface area contributed by atoms with Crippen molar-refractivity contribution in [3.63, 3.8) is 0 Å². The fraction of sp³-hybridized carbons (Fsp3) is 0.571.